The van der Waals surface area contributed by atoms with Crippen LogP contribution in [-0.4, -0.2) is 29.9 Å². The fourth-order valence-corrected chi connectivity index (χ4v) is 1.59. The molecule has 1 heterocycles. The summed E-state index contributed by atoms with van der Waals surface area (Å²) in [7, 11) is 2.12. The molecule has 8 heavy (non-hydrogen) atoms. The lowest BCUT2D eigenvalue weighted by atomic mass is 10.2. The van der Waals surface area contributed by atoms with Crippen molar-refractivity contribution in [3.63, 3.8) is 0 Å². The molecule has 0 aromatic heterocycles. The molecule has 0 saturated carbocycles. The molecule has 0 aromatic carbocycles. The fourth-order valence-electron chi connectivity index (χ4n) is 1.12. The molecule has 1 rings (SSSR count). The number of halogens is 1. The summed E-state index contributed by atoms with van der Waals surface area (Å²) in [6.45, 7) is 3.27. The van der Waals surface area contributed by atoms with Gasteiger partial charge in [-0.2, -0.15) is 0 Å². The highest BCUT2D eigenvalue weighted by molar-refractivity contribution is 6.21. The van der Waals surface area contributed by atoms with Crippen molar-refractivity contribution in [2.75, 3.05) is 13.6 Å². The maximum absolute atomic E-state index is 5.86. The van der Waals surface area contributed by atoms with Crippen molar-refractivity contribution in [3.8, 4) is 0 Å². The quantitative estimate of drug-likeness (QED) is 0.451. The monoisotopic (exact) mass is 133 g/mol. The zero-order valence-corrected chi connectivity index (χ0v) is 6.15. The van der Waals surface area contributed by atoms with E-state index in [1.165, 1.54) is 0 Å². The smallest absolute Gasteiger partial charge is 0.0477 e. The van der Waals surface area contributed by atoms with Gasteiger partial charge in [-0.25, -0.2) is 0 Å². The van der Waals surface area contributed by atoms with E-state index < -0.39 is 0 Å². The zero-order chi connectivity index (χ0) is 6.15. The van der Waals surface area contributed by atoms with Crippen molar-refractivity contribution in [2.24, 2.45) is 0 Å². The molecule has 0 aliphatic carbocycles. The number of rotatable bonds is 0. The molecule has 0 radical (unpaired) electrons. The molecule has 1 fully saturated rings. The van der Waals surface area contributed by atoms with Gasteiger partial charge in [0, 0.05) is 18.0 Å². The molecule has 1 saturated heterocycles. The highest BCUT2D eigenvalue weighted by Crippen LogP contribution is 2.18. The number of nitrogens with zero attached hydrogens (tertiary/aromatic N) is 1. The second-order valence-electron chi connectivity index (χ2n) is 2.62. The predicted octanol–water partition coefficient (Wildman–Crippen LogP) is 1.32. The Morgan fingerprint density at radius 1 is 1.62 bits per heavy atom. The fraction of sp³-hybridized carbons (Fsp3) is 1.00. The van der Waals surface area contributed by atoms with Gasteiger partial charge in [-0.1, -0.05) is 0 Å². The van der Waals surface area contributed by atoms with Gasteiger partial charge in [0.05, 0.1) is 0 Å². The van der Waals surface area contributed by atoms with E-state index in [0.717, 1.165) is 13.0 Å². The maximum atomic E-state index is 5.86. The van der Waals surface area contributed by atoms with E-state index >= 15 is 0 Å². The molecule has 1 nitrogen and oxygen atoms in total. The Morgan fingerprint density at radius 3 is 2.38 bits per heavy atom. The topological polar surface area (TPSA) is 3.24 Å². The Morgan fingerprint density at radius 2 is 2.25 bits per heavy atom. The minimum atomic E-state index is 0.398. The van der Waals surface area contributed by atoms with Crippen LogP contribution in [0.15, 0.2) is 0 Å². The average molecular weight is 134 g/mol. The number of likely N-dealkylation sites (tertiary alicyclic amines) is 1. The van der Waals surface area contributed by atoms with Gasteiger partial charge >= 0.3 is 0 Å². The first-order valence-corrected chi connectivity index (χ1v) is 3.48. The van der Waals surface area contributed by atoms with E-state index in [0.29, 0.717) is 11.4 Å². The van der Waals surface area contributed by atoms with Crippen molar-refractivity contribution in [2.45, 2.75) is 24.8 Å². The molecule has 0 amide bonds. The molecule has 0 aromatic rings. The maximum Gasteiger partial charge on any atom is 0.0477 e. The van der Waals surface area contributed by atoms with E-state index in [2.05, 4.69) is 18.9 Å². The minimum Gasteiger partial charge on any atom is -0.302 e. The first kappa shape index (κ1) is 6.37. The van der Waals surface area contributed by atoms with E-state index in [4.69, 9.17) is 11.6 Å². The first-order chi connectivity index (χ1) is 3.70. The lowest BCUT2D eigenvalue weighted by Gasteiger charge is -2.11. The number of hydrogen-bond acceptors (Lipinski definition) is 1. The van der Waals surface area contributed by atoms with E-state index in [1.54, 1.807) is 0 Å². The van der Waals surface area contributed by atoms with Crippen LogP contribution in [0, 0.1) is 0 Å². The molecule has 48 valence electrons. The van der Waals surface area contributed by atoms with Gasteiger partial charge in [0.15, 0.2) is 0 Å². The van der Waals surface area contributed by atoms with E-state index in [9.17, 15) is 0 Å². The van der Waals surface area contributed by atoms with Crippen LogP contribution < -0.4 is 0 Å². The lowest BCUT2D eigenvalue weighted by molar-refractivity contribution is 0.331. The average Bonchev–Trinajstić information content (AvgIpc) is 1.85. The summed E-state index contributed by atoms with van der Waals surface area (Å²) in [6.07, 6.45) is 1.15. The summed E-state index contributed by atoms with van der Waals surface area (Å²) in [5.41, 5.74) is 0. The minimum absolute atomic E-state index is 0.398. The third-order valence-corrected chi connectivity index (χ3v) is 2.15. The predicted molar refractivity (Wildman–Crippen MR) is 36.3 cm³/mol. The van der Waals surface area contributed by atoms with Crippen LogP contribution in [0.5, 0.6) is 0 Å². The van der Waals surface area contributed by atoms with Gasteiger partial charge < -0.3 is 4.90 Å². The standard InChI is InChI=1S/C6H12ClN/c1-5-3-6(7)4-8(5)2/h5-6H,3-4H2,1-2H3. The highest BCUT2D eigenvalue weighted by atomic mass is 35.5. The summed E-state index contributed by atoms with van der Waals surface area (Å²) < 4.78 is 0. The summed E-state index contributed by atoms with van der Waals surface area (Å²) in [4.78, 5) is 2.29. The molecule has 0 N–H and O–H groups in total. The normalized spacial score (nSPS) is 40.9. The van der Waals surface area contributed by atoms with Gasteiger partial charge in [-0.3, -0.25) is 0 Å². The molecular weight excluding hydrogens is 122 g/mol. The van der Waals surface area contributed by atoms with Crippen LogP contribution >= 0.6 is 11.6 Å². The SMILES string of the molecule is CC1CC(Cl)CN1C. The van der Waals surface area contributed by atoms with Crippen molar-refractivity contribution in [1.29, 1.82) is 0 Å². The summed E-state index contributed by atoms with van der Waals surface area (Å²) in [6, 6.07) is 0.692. The lowest BCUT2D eigenvalue weighted by Crippen LogP contribution is -2.21. The second kappa shape index (κ2) is 2.24. The molecule has 0 bridgehead atoms. The molecule has 0 spiro atoms. The van der Waals surface area contributed by atoms with Crippen LogP contribution in [0.25, 0.3) is 0 Å². The van der Waals surface area contributed by atoms with E-state index in [-0.39, 0.29) is 0 Å². The van der Waals surface area contributed by atoms with Gasteiger partial charge in [-0.15, -0.1) is 11.6 Å². The Kier molecular flexibility index (Phi) is 1.78. The third-order valence-electron chi connectivity index (χ3n) is 1.84. The van der Waals surface area contributed by atoms with Gasteiger partial charge in [0.2, 0.25) is 0 Å². The zero-order valence-electron chi connectivity index (χ0n) is 5.39. The number of alkyl halides is 1. The first-order valence-electron chi connectivity index (χ1n) is 3.04. The molecule has 1 aliphatic rings. The molecule has 2 heteroatoms. The highest BCUT2D eigenvalue weighted by Gasteiger charge is 2.23. The van der Waals surface area contributed by atoms with Crippen LogP contribution in [0.4, 0.5) is 0 Å². The summed E-state index contributed by atoms with van der Waals surface area (Å²) >= 11 is 5.86. The van der Waals surface area contributed by atoms with Crippen LogP contribution in [0.3, 0.4) is 0 Å². The van der Waals surface area contributed by atoms with Crippen LogP contribution in [0.2, 0.25) is 0 Å². The Bertz CT molecular complexity index is 74.6. The molecule has 2 unspecified atom stereocenters. The third kappa shape index (κ3) is 1.15. The van der Waals surface area contributed by atoms with E-state index in [1.807, 2.05) is 0 Å². The number of hydrogen-bond donors (Lipinski definition) is 0. The largest absolute Gasteiger partial charge is 0.302 e. The molecular formula is C6H12ClN. The summed E-state index contributed by atoms with van der Waals surface area (Å²) in [5, 5.41) is 0.398. The van der Waals surface area contributed by atoms with Crippen LogP contribution in [-0.2, 0) is 0 Å². The Balaban J connectivity index is 2.39. The van der Waals surface area contributed by atoms with Crippen molar-refractivity contribution < 1.29 is 0 Å². The second-order valence-corrected chi connectivity index (χ2v) is 3.24. The van der Waals surface area contributed by atoms with Crippen molar-refractivity contribution in [3.05, 3.63) is 0 Å². The summed E-state index contributed by atoms with van der Waals surface area (Å²) in [5.74, 6) is 0. The van der Waals surface area contributed by atoms with Gasteiger partial charge in [0.1, 0.15) is 0 Å². The van der Waals surface area contributed by atoms with Crippen molar-refractivity contribution in [1.82, 2.24) is 4.90 Å². The van der Waals surface area contributed by atoms with Gasteiger partial charge in [-0.05, 0) is 20.4 Å². The Labute approximate surface area is 55.6 Å². The molecule has 1 aliphatic heterocycles. The Hall–Kier alpha value is 0.250. The van der Waals surface area contributed by atoms with Gasteiger partial charge in [0.25, 0.3) is 0 Å². The van der Waals surface area contributed by atoms with Crippen molar-refractivity contribution >= 4 is 11.6 Å². The molecule has 2 atom stereocenters. The van der Waals surface area contributed by atoms with Crippen LogP contribution in [0.1, 0.15) is 13.3 Å².